The van der Waals surface area contributed by atoms with Gasteiger partial charge in [0.1, 0.15) is 5.82 Å². The van der Waals surface area contributed by atoms with Gasteiger partial charge >= 0.3 is 11.6 Å². The van der Waals surface area contributed by atoms with Gasteiger partial charge < -0.3 is 4.57 Å². The fourth-order valence-electron chi connectivity index (χ4n) is 3.02. The van der Waals surface area contributed by atoms with Crippen molar-refractivity contribution in [3.05, 3.63) is 93.3 Å². The molecule has 1 atom stereocenters. The summed E-state index contributed by atoms with van der Waals surface area (Å²) in [5.41, 5.74) is -0.359. The SMILES string of the molecule is [C-]#[N+]C(c1cc(Br)ccc1-n1cc(C(F)(F)F)nc1C)S(=O)(=O)Cc1ccccc1. The molecule has 0 saturated carbocycles. The van der Waals surface area contributed by atoms with Crippen molar-refractivity contribution >= 4 is 25.8 Å². The number of hydrogen-bond acceptors (Lipinski definition) is 3. The molecule has 0 bridgehead atoms. The van der Waals surface area contributed by atoms with Crippen LogP contribution in [0.1, 0.15) is 28.0 Å². The van der Waals surface area contributed by atoms with Crippen LogP contribution in [0, 0.1) is 13.5 Å². The quantitative estimate of drug-likeness (QED) is 0.437. The summed E-state index contributed by atoms with van der Waals surface area (Å²) in [5, 5.41) is -1.60. The Kier molecular flexibility index (Phi) is 6.06. The summed E-state index contributed by atoms with van der Waals surface area (Å²) in [5.74, 6) is -0.348. The van der Waals surface area contributed by atoms with Gasteiger partial charge in [-0.3, -0.25) is 4.85 Å². The van der Waals surface area contributed by atoms with Gasteiger partial charge in [0.2, 0.25) is 9.84 Å². The molecule has 3 rings (SSSR count). The maximum Gasteiger partial charge on any atom is 0.434 e. The third-order valence-corrected chi connectivity index (χ3v) is 6.62. The first kappa shape index (κ1) is 22.1. The van der Waals surface area contributed by atoms with Gasteiger partial charge in [-0.15, -0.1) is 0 Å². The molecule has 2 aromatic carbocycles. The number of aryl methyl sites for hydroxylation is 1. The fourth-order valence-corrected chi connectivity index (χ4v) is 4.95. The van der Waals surface area contributed by atoms with E-state index in [1.807, 2.05) is 0 Å². The molecule has 1 unspecified atom stereocenters. The van der Waals surface area contributed by atoms with Crippen LogP contribution in [0.5, 0.6) is 0 Å². The zero-order valence-electron chi connectivity index (χ0n) is 15.6. The molecule has 0 radical (unpaired) electrons. The number of benzene rings is 2. The van der Waals surface area contributed by atoms with Crippen molar-refractivity contribution in [3.63, 3.8) is 0 Å². The predicted octanol–water partition coefficient (Wildman–Crippen LogP) is 5.49. The van der Waals surface area contributed by atoms with Crippen molar-refractivity contribution in [1.82, 2.24) is 9.55 Å². The molecule has 1 aromatic heterocycles. The number of halogens is 4. The van der Waals surface area contributed by atoms with Crippen molar-refractivity contribution in [1.29, 1.82) is 0 Å². The molecular weight excluding hydrogens is 483 g/mol. The first-order chi connectivity index (χ1) is 14.0. The van der Waals surface area contributed by atoms with Crippen LogP contribution in [0.4, 0.5) is 13.2 Å². The Morgan fingerprint density at radius 3 is 2.43 bits per heavy atom. The molecule has 30 heavy (non-hydrogen) atoms. The number of imidazole rings is 1. The lowest BCUT2D eigenvalue weighted by Gasteiger charge is -2.15. The highest BCUT2D eigenvalue weighted by atomic mass is 79.9. The number of hydrogen-bond donors (Lipinski definition) is 0. The van der Waals surface area contributed by atoms with E-state index in [2.05, 4.69) is 25.8 Å². The highest BCUT2D eigenvalue weighted by Gasteiger charge is 2.38. The van der Waals surface area contributed by atoms with Crippen LogP contribution < -0.4 is 0 Å². The summed E-state index contributed by atoms with van der Waals surface area (Å²) in [4.78, 5) is 6.86. The van der Waals surface area contributed by atoms with Gasteiger partial charge in [-0.05, 0) is 30.7 Å². The molecule has 156 valence electrons. The molecule has 0 aliphatic rings. The lowest BCUT2D eigenvalue weighted by molar-refractivity contribution is -0.141. The average Bonchev–Trinajstić information content (AvgIpc) is 3.05. The number of rotatable bonds is 5. The molecule has 0 fully saturated rings. The van der Waals surface area contributed by atoms with Gasteiger partial charge in [-0.25, -0.2) is 20.0 Å². The Bertz CT molecular complexity index is 1220. The van der Waals surface area contributed by atoms with E-state index in [0.29, 0.717) is 10.0 Å². The zero-order valence-corrected chi connectivity index (χ0v) is 18.0. The van der Waals surface area contributed by atoms with Crippen molar-refractivity contribution in [3.8, 4) is 5.69 Å². The summed E-state index contributed by atoms with van der Waals surface area (Å²) in [6.07, 6.45) is -3.85. The van der Waals surface area contributed by atoms with Crippen molar-refractivity contribution < 1.29 is 21.6 Å². The smallest absolute Gasteiger partial charge is 0.303 e. The van der Waals surface area contributed by atoms with E-state index in [1.54, 1.807) is 36.4 Å². The number of nitrogens with zero attached hydrogens (tertiary/aromatic N) is 3. The number of sulfone groups is 1. The Hall–Kier alpha value is -2.64. The third-order valence-electron chi connectivity index (χ3n) is 4.36. The maximum atomic E-state index is 13.1. The van der Waals surface area contributed by atoms with Gasteiger partial charge in [0, 0.05) is 10.7 Å². The van der Waals surface area contributed by atoms with E-state index in [0.717, 1.165) is 10.8 Å². The predicted molar refractivity (Wildman–Crippen MR) is 109 cm³/mol. The Labute approximate surface area is 180 Å². The molecule has 0 aliphatic carbocycles. The van der Waals surface area contributed by atoms with Crippen molar-refractivity contribution in [2.75, 3.05) is 0 Å². The van der Waals surface area contributed by atoms with Gasteiger partial charge in [-0.1, -0.05) is 46.3 Å². The van der Waals surface area contributed by atoms with Crippen LogP contribution in [-0.2, 0) is 21.8 Å². The second kappa shape index (κ2) is 8.24. The van der Waals surface area contributed by atoms with Crippen molar-refractivity contribution in [2.24, 2.45) is 0 Å². The minimum absolute atomic E-state index is 0.0232. The molecule has 0 aliphatic heterocycles. The van der Waals surface area contributed by atoms with E-state index >= 15 is 0 Å². The summed E-state index contributed by atoms with van der Waals surface area (Å²) < 4.78 is 67.0. The second-order valence-electron chi connectivity index (χ2n) is 6.52. The van der Waals surface area contributed by atoms with Gasteiger partial charge in [0.05, 0.1) is 17.0 Å². The molecular formula is C20H15BrF3N3O2S. The topological polar surface area (TPSA) is 56.3 Å². The molecule has 0 saturated heterocycles. The van der Waals surface area contributed by atoms with Crippen LogP contribution >= 0.6 is 15.9 Å². The van der Waals surface area contributed by atoms with E-state index in [9.17, 15) is 21.6 Å². The standard InChI is InChI=1S/C20H15BrF3N3O2S/c1-13-26-18(20(22,23)24)11-27(13)17-9-8-15(21)10-16(17)19(25-2)30(28,29)12-14-6-4-3-5-7-14/h3-11,19H,12H2,1H3. The molecule has 1 heterocycles. The first-order valence-electron chi connectivity index (χ1n) is 8.58. The normalized spacial score (nSPS) is 13.1. The molecule has 0 spiro atoms. The van der Waals surface area contributed by atoms with Crippen LogP contribution in [0.15, 0.2) is 59.2 Å². The fraction of sp³-hybridized carbons (Fsp3) is 0.200. The molecule has 10 heteroatoms. The Balaban J connectivity index is 2.13. The van der Waals surface area contributed by atoms with Crippen LogP contribution in [-0.4, -0.2) is 18.0 Å². The Morgan fingerprint density at radius 2 is 1.87 bits per heavy atom. The van der Waals surface area contributed by atoms with Gasteiger partial charge in [0.25, 0.3) is 0 Å². The summed E-state index contributed by atoms with van der Waals surface area (Å²) >= 11 is 3.25. The first-order valence-corrected chi connectivity index (χ1v) is 11.1. The minimum atomic E-state index is -4.65. The van der Waals surface area contributed by atoms with E-state index < -0.39 is 27.1 Å². The Morgan fingerprint density at radius 1 is 1.20 bits per heavy atom. The molecule has 0 amide bonds. The van der Waals surface area contributed by atoms with Gasteiger partial charge in [-0.2, -0.15) is 13.2 Å². The van der Waals surface area contributed by atoms with Crippen LogP contribution in [0.2, 0.25) is 0 Å². The monoisotopic (exact) mass is 497 g/mol. The zero-order chi connectivity index (χ0) is 22.1. The minimum Gasteiger partial charge on any atom is -0.303 e. The second-order valence-corrected chi connectivity index (χ2v) is 9.50. The van der Waals surface area contributed by atoms with Gasteiger partial charge in [0.15, 0.2) is 5.69 Å². The maximum absolute atomic E-state index is 13.1. The summed E-state index contributed by atoms with van der Waals surface area (Å²) in [6.45, 7) is 8.91. The third kappa shape index (κ3) is 4.57. The molecule has 5 nitrogen and oxygen atoms in total. The van der Waals surface area contributed by atoms with E-state index in [-0.39, 0.29) is 22.8 Å². The lowest BCUT2D eigenvalue weighted by Crippen LogP contribution is -2.15. The highest BCUT2D eigenvalue weighted by molar-refractivity contribution is 9.10. The average molecular weight is 498 g/mol. The van der Waals surface area contributed by atoms with Crippen LogP contribution in [0.3, 0.4) is 0 Å². The van der Waals surface area contributed by atoms with E-state index in [4.69, 9.17) is 6.57 Å². The molecule has 0 N–H and O–H groups in total. The highest BCUT2D eigenvalue weighted by Crippen LogP contribution is 2.36. The largest absolute Gasteiger partial charge is 0.434 e. The number of aromatic nitrogens is 2. The summed E-state index contributed by atoms with van der Waals surface area (Å²) in [6, 6.07) is 12.9. The number of alkyl halides is 3. The van der Waals surface area contributed by atoms with E-state index in [1.165, 1.54) is 19.1 Å². The van der Waals surface area contributed by atoms with Crippen LogP contribution in [0.25, 0.3) is 10.5 Å². The summed E-state index contributed by atoms with van der Waals surface area (Å²) in [7, 11) is -3.99. The van der Waals surface area contributed by atoms with Crippen molar-refractivity contribution in [2.45, 2.75) is 24.2 Å². The lowest BCUT2D eigenvalue weighted by atomic mass is 10.1. The molecule has 3 aromatic rings.